The Hall–Kier alpha value is -1.06. The molecule has 0 heterocycles. The molecular formula is C14H12BrClFN. The van der Waals surface area contributed by atoms with Crippen molar-refractivity contribution in [2.75, 3.05) is 5.32 Å². The van der Waals surface area contributed by atoms with Crippen LogP contribution in [-0.4, -0.2) is 0 Å². The molecule has 18 heavy (non-hydrogen) atoms. The van der Waals surface area contributed by atoms with E-state index >= 15 is 0 Å². The fraction of sp³-hybridized carbons (Fsp3) is 0.143. The quantitative estimate of drug-likeness (QED) is 0.820. The fourth-order valence-corrected chi connectivity index (χ4v) is 2.08. The Kier molecular flexibility index (Phi) is 4.25. The zero-order valence-electron chi connectivity index (χ0n) is 9.81. The summed E-state index contributed by atoms with van der Waals surface area (Å²) in [6.45, 7) is 2.52. The Morgan fingerprint density at radius 2 is 2.06 bits per heavy atom. The van der Waals surface area contributed by atoms with Crippen LogP contribution >= 0.6 is 27.5 Å². The van der Waals surface area contributed by atoms with Crippen LogP contribution in [-0.2, 0) is 6.54 Å². The van der Waals surface area contributed by atoms with Crippen LogP contribution < -0.4 is 5.32 Å². The molecule has 1 N–H and O–H groups in total. The second kappa shape index (κ2) is 5.72. The van der Waals surface area contributed by atoms with Crippen molar-refractivity contribution in [2.45, 2.75) is 13.5 Å². The maximum absolute atomic E-state index is 13.3. The Morgan fingerprint density at radius 1 is 1.28 bits per heavy atom. The minimum atomic E-state index is -0.386. The Bertz CT molecular complexity index is 572. The van der Waals surface area contributed by atoms with Gasteiger partial charge in [-0.2, -0.15) is 0 Å². The van der Waals surface area contributed by atoms with Crippen molar-refractivity contribution in [1.29, 1.82) is 0 Å². The van der Waals surface area contributed by atoms with E-state index in [9.17, 15) is 4.39 Å². The lowest BCUT2D eigenvalue weighted by Gasteiger charge is -2.09. The molecule has 0 radical (unpaired) electrons. The molecule has 0 saturated heterocycles. The highest BCUT2D eigenvalue weighted by molar-refractivity contribution is 9.10. The first kappa shape index (κ1) is 13.4. The van der Waals surface area contributed by atoms with E-state index in [1.807, 2.05) is 31.2 Å². The zero-order valence-corrected chi connectivity index (χ0v) is 12.1. The number of halogens is 3. The molecule has 0 spiro atoms. The molecule has 0 aliphatic carbocycles. The SMILES string of the molecule is Cc1cc(NCc2cccc(F)c2Cl)ccc1Br. The van der Waals surface area contributed by atoms with Crippen LogP contribution in [0.2, 0.25) is 5.02 Å². The van der Waals surface area contributed by atoms with Gasteiger partial charge in [-0.05, 0) is 42.3 Å². The van der Waals surface area contributed by atoms with Gasteiger partial charge in [0.15, 0.2) is 0 Å². The summed E-state index contributed by atoms with van der Waals surface area (Å²) in [6.07, 6.45) is 0. The van der Waals surface area contributed by atoms with Crippen molar-refractivity contribution in [1.82, 2.24) is 0 Å². The van der Waals surface area contributed by atoms with E-state index in [0.717, 1.165) is 21.3 Å². The maximum Gasteiger partial charge on any atom is 0.142 e. The molecular weight excluding hydrogens is 317 g/mol. The number of benzene rings is 2. The highest BCUT2D eigenvalue weighted by atomic mass is 79.9. The van der Waals surface area contributed by atoms with Crippen molar-refractivity contribution in [3.05, 3.63) is 62.8 Å². The molecule has 94 valence electrons. The van der Waals surface area contributed by atoms with Gasteiger partial charge in [-0.25, -0.2) is 4.39 Å². The summed E-state index contributed by atoms with van der Waals surface area (Å²) in [5, 5.41) is 3.40. The first-order valence-electron chi connectivity index (χ1n) is 5.51. The van der Waals surface area contributed by atoms with E-state index in [0.29, 0.717) is 6.54 Å². The summed E-state index contributed by atoms with van der Waals surface area (Å²) in [7, 11) is 0. The van der Waals surface area contributed by atoms with Crippen LogP contribution in [0.4, 0.5) is 10.1 Å². The van der Waals surface area contributed by atoms with Gasteiger partial charge < -0.3 is 5.32 Å². The first-order valence-corrected chi connectivity index (χ1v) is 6.68. The van der Waals surface area contributed by atoms with Gasteiger partial charge >= 0.3 is 0 Å². The molecule has 4 heteroatoms. The van der Waals surface area contributed by atoms with E-state index in [-0.39, 0.29) is 10.8 Å². The molecule has 0 bridgehead atoms. The lowest BCUT2D eigenvalue weighted by molar-refractivity contribution is 0.626. The third-order valence-electron chi connectivity index (χ3n) is 2.67. The van der Waals surface area contributed by atoms with Gasteiger partial charge in [0.2, 0.25) is 0 Å². The lowest BCUT2D eigenvalue weighted by atomic mass is 10.2. The summed E-state index contributed by atoms with van der Waals surface area (Å²) < 4.78 is 14.3. The molecule has 0 aromatic heterocycles. The van der Waals surface area contributed by atoms with Crippen LogP contribution in [0, 0.1) is 12.7 Å². The highest BCUT2D eigenvalue weighted by Gasteiger charge is 2.05. The third kappa shape index (κ3) is 3.03. The van der Waals surface area contributed by atoms with Crippen LogP contribution in [0.1, 0.15) is 11.1 Å². The minimum Gasteiger partial charge on any atom is -0.381 e. The largest absolute Gasteiger partial charge is 0.381 e. The van der Waals surface area contributed by atoms with Crippen LogP contribution in [0.15, 0.2) is 40.9 Å². The van der Waals surface area contributed by atoms with Gasteiger partial charge in [-0.3, -0.25) is 0 Å². The molecule has 0 aliphatic rings. The molecule has 0 saturated carbocycles. The Morgan fingerprint density at radius 3 is 2.78 bits per heavy atom. The number of hydrogen-bond acceptors (Lipinski definition) is 1. The molecule has 0 aliphatic heterocycles. The molecule has 2 rings (SSSR count). The van der Waals surface area contributed by atoms with Crippen molar-refractivity contribution in [2.24, 2.45) is 0 Å². The summed E-state index contributed by atoms with van der Waals surface area (Å²) in [5.41, 5.74) is 2.87. The molecule has 2 aromatic rings. The van der Waals surface area contributed by atoms with Crippen molar-refractivity contribution >= 4 is 33.2 Å². The second-order valence-electron chi connectivity index (χ2n) is 4.03. The lowest BCUT2D eigenvalue weighted by Crippen LogP contribution is -2.01. The second-order valence-corrected chi connectivity index (χ2v) is 5.26. The van der Waals surface area contributed by atoms with Gasteiger partial charge in [0.1, 0.15) is 5.82 Å². The third-order valence-corrected chi connectivity index (χ3v) is 3.99. The molecule has 0 fully saturated rings. The van der Waals surface area contributed by atoms with E-state index in [4.69, 9.17) is 11.6 Å². The number of aryl methyl sites for hydroxylation is 1. The Balaban J connectivity index is 2.11. The predicted molar refractivity (Wildman–Crippen MR) is 77.6 cm³/mol. The van der Waals surface area contributed by atoms with Gasteiger partial charge in [0.25, 0.3) is 0 Å². The van der Waals surface area contributed by atoms with Gasteiger partial charge in [0.05, 0.1) is 5.02 Å². The zero-order chi connectivity index (χ0) is 13.1. The first-order chi connectivity index (χ1) is 8.58. The summed E-state index contributed by atoms with van der Waals surface area (Å²) in [4.78, 5) is 0. The summed E-state index contributed by atoms with van der Waals surface area (Å²) in [6, 6.07) is 10.8. The number of hydrogen-bond donors (Lipinski definition) is 1. The van der Waals surface area contributed by atoms with Crippen LogP contribution in [0.3, 0.4) is 0 Å². The van der Waals surface area contributed by atoms with Crippen molar-refractivity contribution in [3.63, 3.8) is 0 Å². The molecule has 0 unspecified atom stereocenters. The summed E-state index contributed by atoms with van der Waals surface area (Å²) in [5.74, 6) is -0.386. The van der Waals surface area contributed by atoms with E-state index in [2.05, 4.69) is 21.2 Å². The predicted octanol–water partition coefficient (Wildman–Crippen LogP) is 5.16. The molecule has 0 atom stereocenters. The molecule has 2 aromatic carbocycles. The normalized spacial score (nSPS) is 10.4. The summed E-state index contributed by atoms with van der Waals surface area (Å²) >= 11 is 9.34. The molecule has 0 amide bonds. The average molecular weight is 329 g/mol. The average Bonchev–Trinajstić information content (AvgIpc) is 2.35. The topological polar surface area (TPSA) is 12.0 Å². The highest BCUT2D eigenvalue weighted by Crippen LogP contribution is 2.23. The van der Waals surface area contributed by atoms with Gasteiger partial charge in [-0.15, -0.1) is 0 Å². The number of nitrogens with one attached hydrogen (secondary N) is 1. The van der Waals surface area contributed by atoms with E-state index in [1.165, 1.54) is 6.07 Å². The maximum atomic E-state index is 13.3. The van der Waals surface area contributed by atoms with Crippen molar-refractivity contribution < 1.29 is 4.39 Å². The monoisotopic (exact) mass is 327 g/mol. The molecule has 1 nitrogen and oxygen atoms in total. The van der Waals surface area contributed by atoms with Gasteiger partial charge in [0, 0.05) is 16.7 Å². The van der Waals surface area contributed by atoms with E-state index < -0.39 is 0 Å². The van der Waals surface area contributed by atoms with Crippen LogP contribution in [0.25, 0.3) is 0 Å². The van der Waals surface area contributed by atoms with E-state index in [1.54, 1.807) is 6.07 Å². The Labute approximate surface area is 119 Å². The fourth-order valence-electron chi connectivity index (χ4n) is 1.64. The van der Waals surface area contributed by atoms with Crippen LogP contribution in [0.5, 0.6) is 0 Å². The minimum absolute atomic E-state index is 0.179. The number of rotatable bonds is 3. The smallest absolute Gasteiger partial charge is 0.142 e. The number of anilines is 1. The van der Waals surface area contributed by atoms with Gasteiger partial charge in [-0.1, -0.05) is 39.7 Å². The van der Waals surface area contributed by atoms with Crippen molar-refractivity contribution in [3.8, 4) is 0 Å². The standard InChI is InChI=1S/C14H12BrClFN/c1-9-7-11(5-6-12(9)15)18-8-10-3-2-4-13(17)14(10)16/h2-7,18H,8H2,1H3.